The minimum atomic E-state index is -4.24. The maximum atomic E-state index is 10.7. The van der Waals surface area contributed by atoms with Gasteiger partial charge in [0.05, 0.1) is 15.9 Å². The molecule has 0 aromatic heterocycles. The summed E-state index contributed by atoms with van der Waals surface area (Å²) in [6.45, 7) is 4.65. The van der Waals surface area contributed by atoms with E-state index in [1.165, 1.54) is 6.92 Å². The van der Waals surface area contributed by atoms with Gasteiger partial charge in [-0.15, -0.1) is 0 Å². The zero-order valence-electron chi connectivity index (χ0n) is 7.66. The molecule has 0 unspecified atom stereocenters. The molecule has 70 valence electrons. The van der Waals surface area contributed by atoms with E-state index in [0.29, 0.717) is 0 Å². The molecular weight excluding hydrogens is 205 g/mol. The Hall–Kier alpha value is 0.120. The summed E-state index contributed by atoms with van der Waals surface area (Å²) in [5, 5.41) is 2.22. The minimum Gasteiger partial charge on any atom is -0.748 e. The molecule has 0 saturated heterocycles. The molecule has 0 radical (unpaired) electrons. The molecule has 0 aliphatic heterocycles. The first-order valence-corrected chi connectivity index (χ1v) is 4.78. The first-order chi connectivity index (χ1) is 5.33. The van der Waals surface area contributed by atoms with Gasteiger partial charge in [-0.05, 0) is 6.92 Å². The van der Waals surface area contributed by atoms with Crippen LogP contribution in [-0.2, 0) is 14.9 Å². The molecule has 0 heterocycles. The third-order valence-corrected chi connectivity index (χ3v) is 1.73. The van der Waals surface area contributed by atoms with E-state index in [4.69, 9.17) is 0 Å². The maximum Gasteiger partial charge on any atom is 1.00 e. The molecule has 0 atom stereocenters. The first-order valence-electron chi connectivity index (χ1n) is 3.20. The molecule has 1 amide bonds. The maximum absolute atomic E-state index is 10.7. The van der Waals surface area contributed by atoms with Crippen LogP contribution in [0.5, 0.6) is 0 Å². The van der Waals surface area contributed by atoms with Crippen molar-refractivity contribution in [1.29, 1.82) is 0 Å². The summed E-state index contributed by atoms with van der Waals surface area (Å²) in [7, 11) is -4.24. The van der Waals surface area contributed by atoms with Gasteiger partial charge in [-0.25, -0.2) is 8.42 Å². The molecule has 0 bridgehead atoms. The van der Waals surface area contributed by atoms with Gasteiger partial charge in [-0.3, -0.25) is 4.79 Å². The fourth-order valence-corrected chi connectivity index (χ4v) is 0.793. The van der Waals surface area contributed by atoms with E-state index in [9.17, 15) is 17.8 Å². The van der Waals surface area contributed by atoms with Crippen molar-refractivity contribution in [3.05, 3.63) is 12.2 Å². The quantitative estimate of drug-likeness (QED) is 0.296. The number of rotatable bonds is 4. The second-order valence-electron chi connectivity index (χ2n) is 2.30. The number of amides is 1. The predicted molar refractivity (Wildman–Crippen MR) is 42.4 cm³/mol. The monoisotopic (exact) mass is 215 g/mol. The zero-order valence-corrected chi connectivity index (χ0v) is 10.5. The summed E-state index contributed by atoms with van der Waals surface area (Å²) in [6.07, 6.45) is 0. The van der Waals surface area contributed by atoms with Crippen LogP contribution in [0, 0.1) is 0 Å². The van der Waals surface area contributed by atoms with E-state index in [2.05, 4.69) is 11.9 Å². The Morgan fingerprint density at radius 2 is 2.00 bits per heavy atom. The van der Waals surface area contributed by atoms with Gasteiger partial charge in [-0.2, -0.15) is 0 Å². The van der Waals surface area contributed by atoms with Crippen molar-refractivity contribution < 1.29 is 47.3 Å². The van der Waals surface area contributed by atoms with E-state index >= 15 is 0 Å². The fraction of sp³-hybridized carbons (Fsp3) is 0.500. The van der Waals surface area contributed by atoms with Crippen molar-refractivity contribution >= 4 is 16.0 Å². The van der Waals surface area contributed by atoms with Crippen LogP contribution >= 0.6 is 0 Å². The van der Waals surface area contributed by atoms with Crippen LogP contribution in [0.2, 0.25) is 0 Å². The SMILES string of the molecule is C=C(C)C(=O)NCCS(=O)(=O)[O-].[Na+]. The number of carbonyl (C=O) groups is 1. The van der Waals surface area contributed by atoms with Gasteiger partial charge >= 0.3 is 29.6 Å². The van der Waals surface area contributed by atoms with Gasteiger partial charge in [0, 0.05) is 12.1 Å². The summed E-state index contributed by atoms with van der Waals surface area (Å²) < 4.78 is 30.2. The van der Waals surface area contributed by atoms with Crippen molar-refractivity contribution in [1.82, 2.24) is 5.32 Å². The van der Waals surface area contributed by atoms with Crippen LogP contribution < -0.4 is 34.9 Å². The van der Waals surface area contributed by atoms with Crippen molar-refractivity contribution in [3.8, 4) is 0 Å². The van der Waals surface area contributed by atoms with E-state index < -0.39 is 21.8 Å². The third kappa shape index (κ3) is 10.0. The number of carbonyl (C=O) groups excluding carboxylic acids is 1. The molecule has 0 aromatic carbocycles. The Morgan fingerprint density at radius 3 is 2.31 bits per heavy atom. The second-order valence-corrected chi connectivity index (χ2v) is 3.82. The van der Waals surface area contributed by atoms with Crippen LogP contribution in [0.25, 0.3) is 0 Å². The smallest absolute Gasteiger partial charge is 0.748 e. The molecule has 0 saturated carbocycles. The molecule has 0 fully saturated rings. The van der Waals surface area contributed by atoms with Gasteiger partial charge in [0.1, 0.15) is 0 Å². The molecular formula is C6H10NNaO4S. The fourth-order valence-electron chi connectivity index (χ4n) is 0.440. The van der Waals surface area contributed by atoms with Crippen molar-refractivity contribution in [2.24, 2.45) is 0 Å². The Morgan fingerprint density at radius 1 is 1.54 bits per heavy atom. The van der Waals surface area contributed by atoms with Crippen LogP contribution in [-0.4, -0.2) is 31.2 Å². The standard InChI is InChI=1S/C6H11NO4S.Na/c1-5(2)6(8)7-3-4-12(9,10)11;/h1,3-4H2,2H3,(H,7,8)(H,9,10,11);/q;+1/p-1. The van der Waals surface area contributed by atoms with E-state index in [1.54, 1.807) is 0 Å². The molecule has 0 rings (SSSR count). The molecule has 0 aliphatic rings. The topological polar surface area (TPSA) is 86.3 Å². The Balaban J connectivity index is 0. The number of hydrogen-bond donors (Lipinski definition) is 1. The van der Waals surface area contributed by atoms with Crippen LogP contribution in [0.3, 0.4) is 0 Å². The predicted octanol–water partition coefficient (Wildman–Crippen LogP) is -3.77. The zero-order chi connectivity index (χ0) is 9.78. The van der Waals surface area contributed by atoms with Crippen LogP contribution in [0.4, 0.5) is 0 Å². The summed E-state index contributed by atoms with van der Waals surface area (Å²) >= 11 is 0. The van der Waals surface area contributed by atoms with Crippen molar-refractivity contribution in [2.45, 2.75) is 6.92 Å². The Kier molecular flexibility index (Phi) is 7.86. The molecule has 7 heteroatoms. The summed E-state index contributed by atoms with van der Waals surface area (Å²) in [6, 6.07) is 0. The van der Waals surface area contributed by atoms with Gasteiger partial charge in [0.25, 0.3) is 0 Å². The molecule has 1 N–H and O–H groups in total. The third-order valence-electron chi connectivity index (χ3n) is 1.03. The average molecular weight is 215 g/mol. The van der Waals surface area contributed by atoms with E-state index in [1.807, 2.05) is 0 Å². The Labute approximate surface area is 99.6 Å². The largest absolute Gasteiger partial charge is 1.00 e. The normalized spacial score (nSPS) is 10.0. The minimum absolute atomic E-state index is 0. The summed E-state index contributed by atoms with van der Waals surface area (Å²) in [5.74, 6) is -1.04. The van der Waals surface area contributed by atoms with Gasteiger partial charge in [-0.1, -0.05) is 6.58 Å². The van der Waals surface area contributed by atoms with Crippen LogP contribution in [0.1, 0.15) is 6.92 Å². The summed E-state index contributed by atoms with van der Waals surface area (Å²) in [5.41, 5.74) is 0.276. The first kappa shape index (κ1) is 15.6. The average Bonchev–Trinajstić information content (AvgIpc) is 1.84. The molecule has 13 heavy (non-hydrogen) atoms. The second kappa shape index (κ2) is 6.56. The van der Waals surface area contributed by atoms with Crippen LogP contribution in [0.15, 0.2) is 12.2 Å². The number of hydrogen-bond acceptors (Lipinski definition) is 4. The van der Waals surface area contributed by atoms with E-state index in [0.717, 1.165) is 0 Å². The molecule has 0 aliphatic carbocycles. The number of nitrogens with one attached hydrogen (secondary N) is 1. The van der Waals surface area contributed by atoms with Crippen molar-refractivity contribution in [3.63, 3.8) is 0 Å². The van der Waals surface area contributed by atoms with Gasteiger partial charge in [0.2, 0.25) is 5.91 Å². The van der Waals surface area contributed by atoms with E-state index in [-0.39, 0.29) is 41.7 Å². The van der Waals surface area contributed by atoms with Gasteiger partial charge < -0.3 is 9.87 Å². The Bertz CT molecular complexity index is 285. The van der Waals surface area contributed by atoms with Gasteiger partial charge in [0.15, 0.2) is 0 Å². The molecule has 0 spiro atoms. The summed E-state index contributed by atoms with van der Waals surface area (Å²) in [4.78, 5) is 10.7. The van der Waals surface area contributed by atoms with Crippen molar-refractivity contribution in [2.75, 3.05) is 12.3 Å². The molecule has 5 nitrogen and oxygen atoms in total. The molecule has 0 aromatic rings.